The molecule has 0 aromatic rings. The molecular weight excluding hydrogens is 246 g/mol. The van der Waals surface area contributed by atoms with E-state index in [-0.39, 0.29) is 36.5 Å². The predicted octanol–water partition coefficient (Wildman–Crippen LogP) is 1.62. The van der Waals surface area contributed by atoms with Crippen molar-refractivity contribution in [3.05, 3.63) is 0 Å². The van der Waals surface area contributed by atoms with E-state index >= 15 is 0 Å². The highest BCUT2D eigenvalue weighted by molar-refractivity contribution is 5.81. The number of carbonyl (C=O) groups is 2. The minimum absolute atomic E-state index is 0.0138. The van der Waals surface area contributed by atoms with Gasteiger partial charge in [-0.25, -0.2) is 0 Å². The molecule has 5 heteroatoms. The fourth-order valence-corrected chi connectivity index (χ4v) is 2.69. The fraction of sp³-hybridized carbons (Fsp3) is 0.857. The van der Waals surface area contributed by atoms with Crippen molar-refractivity contribution in [3.63, 3.8) is 0 Å². The third kappa shape index (κ3) is 3.47. The maximum atomic E-state index is 12.6. The first-order valence-corrected chi connectivity index (χ1v) is 6.96. The molecule has 110 valence electrons. The maximum Gasteiger partial charge on any atom is 0.308 e. The first kappa shape index (κ1) is 16.0. The topological polar surface area (TPSA) is 66.8 Å². The third-order valence-corrected chi connectivity index (χ3v) is 4.14. The number of ether oxygens (including phenoxy) is 1. The van der Waals surface area contributed by atoms with Crippen molar-refractivity contribution >= 4 is 11.9 Å². The molecule has 0 aromatic carbocycles. The Hall–Kier alpha value is -1.10. The van der Waals surface area contributed by atoms with Gasteiger partial charge in [0.15, 0.2) is 0 Å². The van der Waals surface area contributed by atoms with Crippen LogP contribution in [0.5, 0.6) is 0 Å². The van der Waals surface area contributed by atoms with Gasteiger partial charge in [0.25, 0.3) is 0 Å². The average molecular weight is 271 g/mol. The zero-order valence-electron chi connectivity index (χ0n) is 12.4. The highest BCUT2D eigenvalue weighted by atomic mass is 16.5. The van der Waals surface area contributed by atoms with E-state index < -0.39 is 11.9 Å². The van der Waals surface area contributed by atoms with Gasteiger partial charge < -0.3 is 14.7 Å². The van der Waals surface area contributed by atoms with E-state index in [4.69, 9.17) is 9.84 Å². The van der Waals surface area contributed by atoms with Crippen LogP contribution in [-0.4, -0.2) is 47.2 Å². The number of carbonyl (C=O) groups excluding carboxylic acids is 1. The van der Waals surface area contributed by atoms with E-state index in [1.165, 1.54) is 0 Å². The van der Waals surface area contributed by atoms with Crippen LogP contribution in [0.25, 0.3) is 0 Å². The quantitative estimate of drug-likeness (QED) is 0.825. The van der Waals surface area contributed by atoms with Crippen molar-refractivity contribution in [2.75, 3.05) is 13.1 Å². The number of carboxylic acids is 1. The van der Waals surface area contributed by atoms with Crippen molar-refractivity contribution < 1.29 is 19.4 Å². The Morgan fingerprint density at radius 3 is 2.21 bits per heavy atom. The molecular formula is C14H25NO4. The van der Waals surface area contributed by atoms with Crippen molar-refractivity contribution in [3.8, 4) is 0 Å². The van der Waals surface area contributed by atoms with Gasteiger partial charge >= 0.3 is 5.97 Å². The number of rotatable bonds is 5. The average Bonchev–Trinajstić information content (AvgIpc) is 2.59. The molecule has 5 nitrogen and oxygen atoms in total. The summed E-state index contributed by atoms with van der Waals surface area (Å²) in [4.78, 5) is 25.1. The molecule has 1 rings (SSSR count). The fourth-order valence-electron chi connectivity index (χ4n) is 2.69. The van der Waals surface area contributed by atoms with Crippen LogP contribution >= 0.6 is 0 Å². The van der Waals surface area contributed by atoms with Gasteiger partial charge in [-0.2, -0.15) is 0 Å². The van der Waals surface area contributed by atoms with E-state index in [9.17, 15) is 9.59 Å². The zero-order valence-corrected chi connectivity index (χ0v) is 12.4. The van der Waals surface area contributed by atoms with Crippen LogP contribution in [0.3, 0.4) is 0 Å². The molecule has 1 aliphatic heterocycles. The number of carboxylic acid groups (broad SMARTS) is 1. The second-order valence-electron chi connectivity index (χ2n) is 5.55. The molecule has 5 atom stereocenters. The van der Waals surface area contributed by atoms with Gasteiger partial charge in [-0.15, -0.1) is 0 Å². The van der Waals surface area contributed by atoms with Gasteiger partial charge in [0.05, 0.1) is 24.0 Å². The molecule has 0 aromatic heterocycles. The summed E-state index contributed by atoms with van der Waals surface area (Å²) in [6.07, 6.45) is -0.0359. The molecule has 1 N–H and O–H groups in total. The van der Waals surface area contributed by atoms with Gasteiger partial charge in [0, 0.05) is 13.1 Å². The van der Waals surface area contributed by atoms with E-state index in [0.29, 0.717) is 6.54 Å². The number of amides is 1. The van der Waals surface area contributed by atoms with Crippen molar-refractivity contribution in [1.82, 2.24) is 4.90 Å². The van der Waals surface area contributed by atoms with Crippen molar-refractivity contribution in [2.45, 2.75) is 46.8 Å². The minimum atomic E-state index is -0.872. The van der Waals surface area contributed by atoms with Gasteiger partial charge in [-0.1, -0.05) is 13.8 Å². The van der Waals surface area contributed by atoms with Crippen molar-refractivity contribution in [2.24, 2.45) is 17.8 Å². The Morgan fingerprint density at radius 1 is 1.26 bits per heavy atom. The summed E-state index contributed by atoms with van der Waals surface area (Å²) >= 11 is 0. The Morgan fingerprint density at radius 2 is 1.84 bits per heavy atom. The smallest absolute Gasteiger partial charge is 0.308 e. The maximum absolute atomic E-state index is 12.6. The van der Waals surface area contributed by atoms with E-state index in [1.807, 2.05) is 27.7 Å². The Balaban J connectivity index is 2.76. The second kappa shape index (κ2) is 6.37. The van der Waals surface area contributed by atoms with Gasteiger partial charge in [-0.3, -0.25) is 9.59 Å². The summed E-state index contributed by atoms with van der Waals surface area (Å²) in [6, 6.07) is 0. The Labute approximate surface area is 114 Å². The highest BCUT2D eigenvalue weighted by Gasteiger charge is 2.43. The lowest BCUT2D eigenvalue weighted by atomic mass is 9.88. The van der Waals surface area contributed by atoms with Gasteiger partial charge in [0.2, 0.25) is 5.91 Å². The molecule has 0 radical (unpaired) electrons. The summed E-state index contributed by atoms with van der Waals surface area (Å²) in [5.74, 6) is -1.41. The van der Waals surface area contributed by atoms with Crippen LogP contribution in [0, 0.1) is 17.8 Å². The van der Waals surface area contributed by atoms with E-state index in [0.717, 1.165) is 0 Å². The molecule has 0 saturated carbocycles. The molecule has 1 aliphatic rings. The number of aliphatic carboxylic acids is 1. The third-order valence-electron chi connectivity index (χ3n) is 4.14. The first-order chi connectivity index (χ1) is 8.79. The van der Waals surface area contributed by atoms with Crippen LogP contribution in [0.4, 0.5) is 0 Å². The molecule has 0 spiro atoms. The summed E-state index contributed by atoms with van der Waals surface area (Å²) < 4.78 is 5.69. The van der Waals surface area contributed by atoms with Crippen LogP contribution in [-0.2, 0) is 14.3 Å². The number of hydrogen-bond acceptors (Lipinski definition) is 3. The summed E-state index contributed by atoms with van der Waals surface area (Å²) in [7, 11) is 0. The van der Waals surface area contributed by atoms with E-state index in [1.54, 1.807) is 11.8 Å². The van der Waals surface area contributed by atoms with Crippen LogP contribution < -0.4 is 0 Å². The predicted molar refractivity (Wildman–Crippen MR) is 71.7 cm³/mol. The minimum Gasteiger partial charge on any atom is -0.481 e. The summed E-state index contributed by atoms with van der Waals surface area (Å²) in [6.45, 7) is 10.2. The highest BCUT2D eigenvalue weighted by Crippen LogP contribution is 2.33. The lowest BCUT2D eigenvalue weighted by Crippen LogP contribution is -2.43. The molecule has 1 amide bonds. The van der Waals surface area contributed by atoms with Crippen LogP contribution in [0.15, 0.2) is 0 Å². The largest absolute Gasteiger partial charge is 0.481 e. The SMILES string of the molecule is CCN(CC(C)C(=O)O)C(=O)C1C(C)OC(C)C1C. The van der Waals surface area contributed by atoms with Gasteiger partial charge in [-0.05, 0) is 26.7 Å². The van der Waals surface area contributed by atoms with Crippen molar-refractivity contribution in [1.29, 1.82) is 0 Å². The Kier molecular flexibility index (Phi) is 5.35. The van der Waals surface area contributed by atoms with Crippen LogP contribution in [0.1, 0.15) is 34.6 Å². The molecule has 19 heavy (non-hydrogen) atoms. The molecule has 1 heterocycles. The molecule has 1 fully saturated rings. The first-order valence-electron chi connectivity index (χ1n) is 6.96. The van der Waals surface area contributed by atoms with E-state index in [2.05, 4.69) is 0 Å². The van der Waals surface area contributed by atoms with Gasteiger partial charge in [0.1, 0.15) is 0 Å². The number of hydrogen-bond donors (Lipinski definition) is 1. The molecule has 0 bridgehead atoms. The standard InChI is InChI=1S/C14H25NO4/c1-6-15(7-8(2)14(17)18)13(16)12-9(3)10(4)19-11(12)5/h8-12H,6-7H2,1-5H3,(H,17,18). The Bertz CT molecular complexity index is 344. The zero-order chi connectivity index (χ0) is 14.7. The normalized spacial score (nSPS) is 32.1. The summed E-state index contributed by atoms with van der Waals surface area (Å²) in [5.41, 5.74) is 0. The lowest BCUT2D eigenvalue weighted by Gasteiger charge is -2.28. The van der Waals surface area contributed by atoms with Crippen LogP contribution in [0.2, 0.25) is 0 Å². The molecule has 0 aliphatic carbocycles. The lowest BCUT2D eigenvalue weighted by molar-refractivity contribution is -0.144. The summed E-state index contributed by atoms with van der Waals surface area (Å²) in [5, 5.41) is 8.96. The second-order valence-corrected chi connectivity index (χ2v) is 5.55. The molecule has 1 saturated heterocycles. The monoisotopic (exact) mass is 271 g/mol. The molecule has 5 unspecified atom stereocenters. The number of nitrogens with zero attached hydrogens (tertiary/aromatic N) is 1.